The van der Waals surface area contributed by atoms with Crippen molar-refractivity contribution in [1.82, 2.24) is 14.5 Å². The van der Waals surface area contributed by atoms with E-state index in [1.807, 2.05) is 0 Å². The van der Waals surface area contributed by atoms with E-state index < -0.39 is 17.2 Å². The zero-order valence-corrected chi connectivity index (χ0v) is 15.9. The Hall–Kier alpha value is -3.73. The molecule has 29 heavy (non-hydrogen) atoms. The number of benzene rings is 1. The number of hydrogen-bond acceptors (Lipinski definition) is 5. The molecule has 1 saturated carbocycles. The molecule has 4 rings (SSSR count). The number of hydrogen-bond donors (Lipinski definition) is 2. The third-order valence-electron chi connectivity index (χ3n) is 5.02. The van der Waals surface area contributed by atoms with Gasteiger partial charge in [0.15, 0.2) is 5.65 Å². The van der Waals surface area contributed by atoms with E-state index in [1.165, 1.54) is 4.57 Å². The second-order valence-electron chi connectivity index (χ2n) is 7.06. The van der Waals surface area contributed by atoms with Gasteiger partial charge in [0.2, 0.25) is 0 Å². The first-order valence-electron chi connectivity index (χ1n) is 9.46. The van der Waals surface area contributed by atoms with Gasteiger partial charge in [0.25, 0.3) is 11.5 Å². The molecule has 2 aromatic heterocycles. The van der Waals surface area contributed by atoms with Gasteiger partial charge in [-0.3, -0.25) is 19.1 Å². The van der Waals surface area contributed by atoms with E-state index in [0.717, 1.165) is 24.1 Å². The highest BCUT2D eigenvalue weighted by Gasteiger charge is 2.28. The Morgan fingerprint density at radius 2 is 2.03 bits per heavy atom. The van der Waals surface area contributed by atoms with E-state index in [-0.39, 0.29) is 28.9 Å². The Morgan fingerprint density at radius 1 is 1.31 bits per heavy atom. The minimum Gasteiger partial charge on any atom is -0.322 e. The summed E-state index contributed by atoms with van der Waals surface area (Å²) in [4.78, 5) is 44.6. The number of amides is 1. The number of aromatic nitrogens is 3. The van der Waals surface area contributed by atoms with Crippen LogP contribution in [0.15, 0.2) is 39.9 Å². The predicted molar refractivity (Wildman–Crippen MR) is 108 cm³/mol. The van der Waals surface area contributed by atoms with Crippen LogP contribution in [0.1, 0.15) is 47.3 Å². The Kier molecular flexibility index (Phi) is 4.72. The molecule has 0 bridgehead atoms. The SMILES string of the molecule is CCn1c(=O)[nH]c(=O)c2c(C(=O)Nc3ccc(CC#N)cc3)cc(C3CC3)nc21. The smallest absolute Gasteiger partial charge is 0.322 e. The van der Waals surface area contributed by atoms with E-state index in [1.54, 1.807) is 37.3 Å². The first-order valence-corrected chi connectivity index (χ1v) is 9.46. The molecule has 2 N–H and O–H groups in total. The molecule has 3 aromatic rings. The van der Waals surface area contributed by atoms with Crippen molar-refractivity contribution < 1.29 is 4.79 Å². The number of H-pyrrole nitrogens is 1. The zero-order chi connectivity index (χ0) is 20.5. The van der Waals surface area contributed by atoms with Crippen LogP contribution in [0.25, 0.3) is 11.0 Å². The highest BCUT2D eigenvalue weighted by atomic mass is 16.2. The molecule has 1 aromatic carbocycles. The zero-order valence-electron chi connectivity index (χ0n) is 15.9. The number of nitrogens with one attached hydrogen (secondary N) is 2. The van der Waals surface area contributed by atoms with Crippen molar-refractivity contribution in [2.24, 2.45) is 0 Å². The van der Waals surface area contributed by atoms with Gasteiger partial charge < -0.3 is 5.32 Å². The second-order valence-corrected chi connectivity index (χ2v) is 7.06. The van der Waals surface area contributed by atoms with Crippen LogP contribution in [-0.4, -0.2) is 20.4 Å². The van der Waals surface area contributed by atoms with Gasteiger partial charge in [-0.2, -0.15) is 5.26 Å². The second kappa shape index (κ2) is 7.36. The summed E-state index contributed by atoms with van der Waals surface area (Å²) < 4.78 is 1.37. The van der Waals surface area contributed by atoms with Crippen LogP contribution in [0, 0.1) is 11.3 Å². The average Bonchev–Trinajstić information content (AvgIpc) is 3.54. The number of nitrogens with zero attached hydrogens (tertiary/aromatic N) is 3. The molecular weight excluding hydrogens is 370 g/mol. The predicted octanol–water partition coefficient (Wildman–Crippen LogP) is 2.30. The molecule has 0 atom stereocenters. The lowest BCUT2D eigenvalue weighted by molar-refractivity contribution is 0.102. The summed E-state index contributed by atoms with van der Waals surface area (Å²) in [5, 5.41) is 11.7. The summed E-state index contributed by atoms with van der Waals surface area (Å²) in [6, 6.07) is 10.7. The quantitative estimate of drug-likeness (QED) is 0.694. The number of aryl methyl sites for hydroxylation is 1. The standard InChI is InChI=1S/C21H19N5O3/c1-2-26-18-17(20(28)25-21(26)29)15(11-16(24-18)13-5-6-13)19(27)23-14-7-3-12(4-8-14)9-10-22/h3-4,7-8,11,13H,2,5-6,9H2,1H3,(H,23,27)(H,25,28,29). The fraction of sp³-hybridized carbons (Fsp3) is 0.286. The van der Waals surface area contributed by atoms with E-state index in [0.29, 0.717) is 12.2 Å². The lowest BCUT2D eigenvalue weighted by atomic mass is 10.1. The van der Waals surface area contributed by atoms with Gasteiger partial charge in [0.05, 0.1) is 23.4 Å². The molecule has 0 saturated heterocycles. The highest BCUT2D eigenvalue weighted by molar-refractivity contribution is 6.11. The summed E-state index contributed by atoms with van der Waals surface area (Å²) in [6.07, 6.45) is 2.23. The highest BCUT2D eigenvalue weighted by Crippen LogP contribution is 2.40. The van der Waals surface area contributed by atoms with Crippen molar-refractivity contribution in [3.05, 3.63) is 68.0 Å². The number of carbonyl (C=O) groups is 1. The van der Waals surface area contributed by atoms with Gasteiger partial charge in [-0.1, -0.05) is 12.1 Å². The van der Waals surface area contributed by atoms with Crippen molar-refractivity contribution in [3.63, 3.8) is 0 Å². The molecule has 0 radical (unpaired) electrons. The number of pyridine rings is 1. The van der Waals surface area contributed by atoms with Crippen molar-refractivity contribution in [3.8, 4) is 6.07 Å². The lowest BCUT2D eigenvalue weighted by Crippen LogP contribution is -2.32. The summed E-state index contributed by atoms with van der Waals surface area (Å²) in [5.41, 5.74) is 1.39. The topological polar surface area (TPSA) is 121 Å². The number of rotatable bonds is 5. The molecular formula is C21H19N5O3. The Bertz CT molecular complexity index is 1260. The molecule has 8 nitrogen and oxygen atoms in total. The van der Waals surface area contributed by atoms with Crippen LogP contribution in [-0.2, 0) is 13.0 Å². The lowest BCUT2D eigenvalue weighted by Gasteiger charge is -2.12. The van der Waals surface area contributed by atoms with E-state index in [4.69, 9.17) is 5.26 Å². The largest absolute Gasteiger partial charge is 0.329 e. The van der Waals surface area contributed by atoms with Crippen molar-refractivity contribution >= 4 is 22.6 Å². The molecule has 1 aliphatic carbocycles. The van der Waals surface area contributed by atoms with E-state index in [9.17, 15) is 14.4 Å². The third kappa shape index (κ3) is 3.55. The minimum absolute atomic E-state index is 0.106. The maximum absolute atomic E-state index is 13.0. The van der Waals surface area contributed by atoms with Crippen molar-refractivity contribution in [2.75, 3.05) is 5.32 Å². The molecule has 0 spiro atoms. The normalized spacial score (nSPS) is 13.2. The molecule has 1 aliphatic rings. The number of aromatic amines is 1. The van der Waals surface area contributed by atoms with E-state index in [2.05, 4.69) is 21.4 Å². The Labute approximate surface area is 165 Å². The van der Waals surface area contributed by atoms with Crippen LogP contribution < -0.4 is 16.6 Å². The van der Waals surface area contributed by atoms with Crippen molar-refractivity contribution in [1.29, 1.82) is 5.26 Å². The molecule has 2 heterocycles. The first-order chi connectivity index (χ1) is 14.0. The maximum atomic E-state index is 13.0. The van der Waals surface area contributed by atoms with Gasteiger partial charge in [0, 0.05) is 23.8 Å². The molecule has 1 amide bonds. The Morgan fingerprint density at radius 3 is 2.66 bits per heavy atom. The van der Waals surface area contributed by atoms with Crippen molar-refractivity contribution in [2.45, 2.75) is 38.6 Å². The van der Waals surface area contributed by atoms with Gasteiger partial charge in [-0.25, -0.2) is 9.78 Å². The van der Waals surface area contributed by atoms with E-state index >= 15 is 0 Å². The van der Waals surface area contributed by atoms with Gasteiger partial charge in [-0.05, 0) is 43.5 Å². The van der Waals surface area contributed by atoms with Crippen LogP contribution >= 0.6 is 0 Å². The van der Waals surface area contributed by atoms with Gasteiger partial charge in [-0.15, -0.1) is 0 Å². The fourth-order valence-corrected chi connectivity index (χ4v) is 3.35. The third-order valence-corrected chi connectivity index (χ3v) is 5.02. The summed E-state index contributed by atoms with van der Waals surface area (Å²) in [6.45, 7) is 2.11. The van der Waals surface area contributed by atoms with Crippen LogP contribution in [0.3, 0.4) is 0 Å². The monoisotopic (exact) mass is 389 g/mol. The number of nitriles is 1. The number of carbonyl (C=O) groups excluding carboxylic acids is 1. The van der Waals surface area contributed by atoms with Crippen LogP contribution in [0.4, 0.5) is 5.69 Å². The molecule has 146 valence electrons. The Balaban J connectivity index is 1.81. The minimum atomic E-state index is -0.626. The first kappa shape index (κ1) is 18.6. The maximum Gasteiger partial charge on any atom is 0.329 e. The molecule has 1 fully saturated rings. The fourth-order valence-electron chi connectivity index (χ4n) is 3.35. The van der Waals surface area contributed by atoms with Gasteiger partial charge in [0.1, 0.15) is 0 Å². The number of anilines is 1. The summed E-state index contributed by atoms with van der Waals surface area (Å²) in [7, 11) is 0. The van der Waals surface area contributed by atoms with Gasteiger partial charge >= 0.3 is 5.69 Å². The average molecular weight is 389 g/mol. The number of fused-ring (bicyclic) bond motifs is 1. The summed E-state index contributed by atoms with van der Waals surface area (Å²) in [5.74, 6) is -0.199. The van der Waals surface area contributed by atoms with Crippen LogP contribution in [0.5, 0.6) is 0 Å². The molecule has 8 heteroatoms. The molecule has 0 aliphatic heterocycles. The molecule has 0 unspecified atom stereocenters. The summed E-state index contributed by atoms with van der Waals surface area (Å²) >= 11 is 0. The van der Waals surface area contributed by atoms with Crippen LogP contribution in [0.2, 0.25) is 0 Å².